The van der Waals surface area contributed by atoms with E-state index in [4.69, 9.17) is 11.2 Å². The molecular formula is C19H22N2O2S. The van der Waals surface area contributed by atoms with Crippen molar-refractivity contribution < 1.29 is 9.84 Å². The van der Waals surface area contributed by atoms with Crippen LogP contribution in [0.1, 0.15) is 19.4 Å². The van der Waals surface area contributed by atoms with Crippen LogP contribution in [-0.4, -0.2) is 33.9 Å². The average Bonchev–Trinajstić information content (AvgIpc) is 2.58. The van der Waals surface area contributed by atoms with Crippen molar-refractivity contribution in [1.29, 1.82) is 0 Å². The number of nitrogens with zero attached hydrogens (tertiary/aromatic N) is 1. The van der Waals surface area contributed by atoms with Gasteiger partial charge in [0.1, 0.15) is 5.75 Å². The maximum Gasteiger partial charge on any atom is 0.183 e. The molecule has 1 aromatic carbocycles. The Morgan fingerprint density at radius 1 is 1.50 bits per heavy atom. The maximum atomic E-state index is 9.38. The molecule has 2 aromatic rings. The van der Waals surface area contributed by atoms with Crippen LogP contribution in [0, 0.1) is 12.3 Å². The summed E-state index contributed by atoms with van der Waals surface area (Å²) in [5, 5.41) is 13.5. The number of rotatable bonds is 7. The van der Waals surface area contributed by atoms with Crippen LogP contribution in [0.3, 0.4) is 0 Å². The van der Waals surface area contributed by atoms with E-state index >= 15 is 0 Å². The zero-order valence-corrected chi connectivity index (χ0v) is 15.0. The number of thioether (sulfide) groups is 1. The normalized spacial score (nSPS) is 12.5. The summed E-state index contributed by atoms with van der Waals surface area (Å²) in [6.45, 7) is 7.84. The minimum atomic E-state index is -0.455. The predicted octanol–water partition coefficient (Wildman–Crippen LogP) is 3.16. The summed E-state index contributed by atoms with van der Waals surface area (Å²) in [4.78, 5) is 4.33. The van der Waals surface area contributed by atoms with E-state index in [0.717, 1.165) is 16.5 Å². The van der Waals surface area contributed by atoms with Gasteiger partial charge in [-0.25, -0.2) is 0 Å². The number of aliphatic hydroxyl groups excluding tert-OH is 1. The van der Waals surface area contributed by atoms with Gasteiger partial charge in [0.2, 0.25) is 0 Å². The predicted molar refractivity (Wildman–Crippen MR) is 101 cm³/mol. The van der Waals surface area contributed by atoms with Crippen LogP contribution >= 0.6 is 11.8 Å². The van der Waals surface area contributed by atoms with Crippen molar-refractivity contribution in [3.05, 3.63) is 48.3 Å². The van der Waals surface area contributed by atoms with Crippen molar-refractivity contribution in [1.82, 2.24) is 10.3 Å². The van der Waals surface area contributed by atoms with Gasteiger partial charge in [-0.3, -0.25) is 4.98 Å². The van der Waals surface area contributed by atoms with Gasteiger partial charge in [-0.1, -0.05) is 12.5 Å². The molecule has 2 rings (SSSR count). The van der Waals surface area contributed by atoms with Crippen molar-refractivity contribution >= 4 is 22.7 Å². The lowest BCUT2D eigenvalue weighted by Crippen LogP contribution is -2.44. The first-order chi connectivity index (χ1) is 11.4. The average molecular weight is 342 g/mol. The summed E-state index contributed by atoms with van der Waals surface area (Å²) >= 11 is 1.52. The van der Waals surface area contributed by atoms with Crippen LogP contribution in [0.15, 0.2) is 42.7 Å². The van der Waals surface area contributed by atoms with E-state index in [1.165, 1.54) is 11.8 Å². The number of aromatic nitrogens is 1. The third-order valence-electron chi connectivity index (χ3n) is 3.46. The van der Waals surface area contributed by atoms with Gasteiger partial charge in [-0.15, -0.1) is 18.2 Å². The Balaban J connectivity index is 2.20. The molecule has 0 aliphatic carbocycles. The first kappa shape index (κ1) is 18.2. The third-order valence-corrected chi connectivity index (χ3v) is 4.26. The van der Waals surface area contributed by atoms with Crippen LogP contribution in [0.4, 0.5) is 0 Å². The maximum absolute atomic E-state index is 9.38. The molecule has 0 saturated heterocycles. The van der Waals surface area contributed by atoms with Gasteiger partial charge in [0.25, 0.3) is 0 Å². The first-order valence-corrected chi connectivity index (χ1v) is 8.81. The molecule has 126 valence electrons. The second-order valence-corrected chi connectivity index (χ2v) is 7.00. The van der Waals surface area contributed by atoms with Gasteiger partial charge in [-0.05, 0) is 44.4 Å². The molecule has 0 amide bonds. The second kappa shape index (κ2) is 7.61. The fourth-order valence-corrected chi connectivity index (χ4v) is 2.73. The molecule has 1 atom stereocenters. The van der Waals surface area contributed by atoms with E-state index in [1.807, 2.05) is 44.4 Å². The number of terminal acetylenes is 1. The second-order valence-electron chi connectivity index (χ2n) is 6.10. The van der Waals surface area contributed by atoms with Gasteiger partial charge in [0, 0.05) is 17.1 Å². The van der Waals surface area contributed by atoms with E-state index in [1.54, 1.807) is 6.20 Å². The van der Waals surface area contributed by atoms with Gasteiger partial charge in [0.15, 0.2) is 5.44 Å². The summed E-state index contributed by atoms with van der Waals surface area (Å²) in [5.41, 5.74) is 1.56. The zero-order chi connectivity index (χ0) is 17.7. The Kier molecular flexibility index (Phi) is 5.76. The molecule has 0 aliphatic rings. The SMILES string of the molecule is C#Cc1cnc2ccc(OC(SC)C(=C)NC(C)(C)CO)cc2c1. The molecular weight excluding hydrogens is 320 g/mol. The first-order valence-electron chi connectivity index (χ1n) is 7.52. The molecule has 2 N–H and O–H groups in total. The highest BCUT2D eigenvalue weighted by Crippen LogP contribution is 2.25. The molecule has 4 nitrogen and oxygen atoms in total. The van der Waals surface area contributed by atoms with E-state index in [-0.39, 0.29) is 12.0 Å². The number of ether oxygens (including phenoxy) is 1. The number of fused-ring (bicyclic) bond motifs is 1. The Hall–Kier alpha value is -2.16. The lowest BCUT2D eigenvalue weighted by molar-refractivity contribution is 0.190. The highest BCUT2D eigenvalue weighted by Gasteiger charge is 2.21. The van der Waals surface area contributed by atoms with Crippen molar-refractivity contribution in [2.45, 2.75) is 24.8 Å². The molecule has 1 aromatic heterocycles. The highest BCUT2D eigenvalue weighted by atomic mass is 32.2. The van der Waals surface area contributed by atoms with Crippen molar-refractivity contribution in [2.75, 3.05) is 12.9 Å². The summed E-state index contributed by atoms with van der Waals surface area (Å²) in [6.07, 6.45) is 9.05. The van der Waals surface area contributed by atoms with Crippen molar-refractivity contribution in [2.24, 2.45) is 0 Å². The van der Waals surface area contributed by atoms with E-state index in [0.29, 0.717) is 11.4 Å². The molecule has 1 heterocycles. The lowest BCUT2D eigenvalue weighted by atomic mass is 10.1. The topological polar surface area (TPSA) is 54.4 Å². The van der Waals surface area contributed by atoms with Crippen molar-refractivity contribution in [3.8, 4) is 18.1 Å². The molecule has 0 saturated carbocycles. The van der Waals surface area contributed by atoms with Crippen LogP contribution in [-0.2, 0) is 0 Å². The number of nitrogens with one attached hydrogen (secondary N) is 1. The quantitative estimate of drug-likeness (QED) is 0.598. The zero-order valence-electron chi connectivity index (χ0n) is 14.2. The Labute approximate surface area is 147 Å². The lowest BCUT2D eigenvalue weighted by Gasteiger charge is -2.29. The molecule has 0 bridgehead atoms. The van der Waals surface area contributed by atoms with Gasteiger partial charge in [-0.2, -0.15) is 0 Å². The Bertz CT molecular complexity index is 781. The van der Waals surface area contributed by atoms with Crippen molar-refractivity contribution in [3.63, 3.8) is 0 Å². The molecule has 5 heteroatoms. The van der Waals surface area contributed by atoms with Crippen LogP contribution in [0.2, 0.25) is 0 Å². The van der Waals surface area contributed by atoms with E-state index < -0.39 is 5.54 Å². The number of pyridine rings is 1. The van der Waals surface area contributed by atoms with Gasteiger partial charge < -0.3 is 15.2 Å². The number of aliphatic hydroxyl groups is 1. The molecule has 0 spiro atoms. The Morgan fingerprint density at radius 2 is 2.25 bits per heavy atom. The number of hydrogen-bond acceptors (Lipinski definition) is 5. The summed E-state index contributed by atoms with van der Waals surface area (Å²) in [5.74, 6) is 3.30. The smallest absolute Gasteiger partial charge is 0.183 e. The van der Waals surface area contributed by atoms with Gasteiger partial charge in [0.05, 0.1) is 23.4 Å². The number of hydrogen-bond donors (Lipinski definition) is 2. The minimum absolute atomic E-state index is 0.00360. The van der Waals surface area contributed by atoms with Crippen LogP contribution in [0.5, 0.6) is 5.75 Å². The summed E-state index contributed by atoms with van der Waals surface area (Å²) in [6, 6.07) is 7.59. The molecule has 24 heavy (non-hydrogen) atoms. The van der Waals surface area contributed by atoms with Crippen LogP contribution < -0.4 is 10.1 Å². The molecule has 0 fully saturated rings. The van der Waals surface area contributed by atoms with E-state index in [9.17, 15) is 5.11 Å². The fourth-order valence-electron chi connectivity index (χ4n) is 2.18. The van der Waals surface area contributed by atoms with E-state index in [2.05, 4.69) is 22.8 Å². The molecule has 1 unspecified atom stereocenters. The minimum Gasteiger partial charge on any atom is -0.473 e. The highest BCUT2D eigenvalue weighted by molar-refractivity contribution is 7.99. The third kappa shape index (κ3) is 4.44. The van der Waals surface area contributed by atoms with Gasteiger partial charge >= 0.3 is 0 Å². The Morgan fingerprint density at radius 3 is 2.88 bits per heavy atom. The fraction of sp³-hybridized carbons (Fsp3) is 0.316. The summed E-state index contributed by atoms with van der Waals surface area (Å²) < 4.78 is 6.04. The number of benzene rings is 1. The largest absolute Gasteiger partial charge is 0.473 e. The van der Waals surface area contributed by atoms with Crippen LogP contribution in [0.25, 0.3) is 10.9 Å². The monoisotopic (exact) mass is 342 g/mol. The molecule has 0 aliphatic heterocycles. The standard InChI is InChI=1S/C19H22N2O2S/c1-6-14-9-15-10-16(7-8-17(15)20-11-14)23-18(24-5)13(2)21-19(3,4)12-22/h1,7-11,18,21-22H,2,12H2,3-5H3. The molecule has 0 radical (unpaired) electrons. The summed E-state index contributed by atoms with van der Waals surface area (Å²) in [7, 11) is 0.